The van der Waals surface area contributed by atoms with Crippen LogP contribution in [0, 0.1) is 0 Å². The number of ether oxygens (including phenoxy) is 2. The van der Waals surface area contributed by atoms with Crippen molar-refractivity contribution < 1.29 is 33.1 Å². The van der Waals surface area contributed by atoms with Crippen LogP contribution in [0.15, 0.2) is 48.9 Å². The van der Waals surface area contributed by atoms with Crippen LogP contribution in [-0.4, -0.2) is 75.0 Å². The van der Waals surface area contributed by atoms with E-state index in [-0.39, 0.29) is 25.0 Å². The van der Waals surface area contributed by atoms with Crippen LogP contribution < -0.4 is 20.1 Å². The molecule has 0 spiro atoms. The van der Waals surface area contributed by atoms with E-state index in [1.165, 1.54) is 17.7 Å². The maximum Gasteiger partial charge on any atom is 0.469 e. The molecule has 13 nitrogen and oxygen atoms in total. The summed E-state index contributed by atoms with van der Waals surface area (Å²) in [7, 11) is -2.93. The van der Waals surface area contributed by atoms with Gasteiger partial charge in [0.25, 0.3) is 0 Å². The van der Waals surface area contributed by atoms with Gasteiger partial charge in [-0.15, -0.1) is 11.3 Å². The molecule has 5 rings (SSSR count). The van der Waals surface area contributed by atoms with Crippen molar-refractivity contribution in [3.05, 3.63) is 58.8 Å². The molecule has 3 heterocycles. The van der Waals surface area contributed by atoms with Gasteiger partial charge in [-0.25, -0.2) is 19.5 Å². The second kappa shape index (κ2) is 14.6. The fourth-order valence-electron chi connectivity index (χ4n) is 4.93. The molecule has 1 saturated heterocycles. The Kier molecular flexibility index (Phi) is 10.6. The number of methoxy groups -OCH3 is 1. The highest BCUT2D eigenvalue weighted by Gasteiger charge is 2.27. The zero-order chi connectivity index (χ0) is 31.1. The summed E-state index contributed by atoms with van der Waals surface area (Å²) < 4.78 is 27.4. The monoisotopic (exact) mass is 662 g/mol. The third kappa shape index (κ3) is 8.85. The molecule has 0 aliphatic carbocycles. The van der Waals surface area contributed by atoms with Gasteiger partial charge in [-0.05, 0) is 50.1 Å². The van der Waals surface area contributed by atoms with Crippen LogP contribution in [0.3, 0.4) is 0 Å². The summed E-state index contributed by atoms with van der Waals surface area (Å²) >= 11 is 7.34. The second-order valence-corrected chi connectivity index (χ2v) is 12.8. The van der Waals surface area contributed by atoms with E-state index in [4.69, 9.17) is 35.4 Å². The van der Waals surface area contributed by atoms with Gasteiger partial charge < -0.3 is 29.9 Å². The molecule has 4 aromatic rings. The van der Waals surface area contributed by atoms with Gasteiger partial charge in [-0.1, -0.05) is 17.7 Å². The summed E-state index contributed by atoms with van der Waals surface area (Å²) in [6, 6.07) is 10.5. The lowest BCUT2D eigenvalue weighted by Gasteiger charge is -2.24. The van der Waals surface area contributed by atoms with Gasteiger partial charge in [0.15, 0.2) is 16.6 Å². The molecule has 1 fully saturated rings. The van der Waals surface area contributed by atoms with Crippen molar-refractivity contribution in [2.24, 2.45) is 0 Å². The largest absolute Gasteiger partial charge is 0.493 e. The molecule has 2 aromatic carbocycles. The minimum Gasteiger partial charge on any atom is -0.493 e. The average molecular weight is 663 g/mol. The highest BCUT2D eigenvalue weighted by Crippen LogP contribution is 2.37. The van der Waals surface area contributed by atoms with Crippen molar-refractivity contribution in [1.29, 1.82) is 0 Å². The molecule has 1 atom stereocenters. The van der Waals surface area contributed by atoms with E-state index >= 15 is 0 Å². The first kappa shape index (κ1) is 32.0. The standard InChI is InChI=1S/C28H32ClN6O7PS/c1-40-24-13-22-23(14-25(24)41-10-4-9-35-8-3-7-20(35)16-42-43(37,38)39)31-17-32-27(22)34-28-30-15-21(44-28)12-26(36)33-19-6-2-5-18(29)11-19/h2,5-6,11,13-15,17,20H,3-4,7-10,12,16H2,1H3,(H,33,36)(H2,37,38,39)(H,30,31,32,34). The average Bonchev–Trinajstić information content (AvgIpc) is 3.62. The van der Waals surface area contributed by atoms with E-state index in [0.29, 0.717) is 63.6 Å². The Balaban J connectivity index is 1.18. The summed E-state index contributed by atoms with van der Waals surface area (Å²) in [5.74, 6) is 1.40. The number of amides is 1. The first-order valence-corrected chi connectivity index (χ1v) is 16.6. The molecule has 4 N–H and O–H groups in total. The van der Waals surface area contributed by atoms with Crippen LogP contribution in [0.5, 0.6) is 11.5 Å². The number of thiazole rings is 1. The molecule has 0 bridgehead atoms. The number of hydrogen-bond donors (Lipinski definition) is 4. The zero-order valence-corrected chi connectivity index (χ0v) is 26.3. The van der Waals surface area contributed by atoms with Gasteiger partial charge >= 0.3 is 7.82 Å². The molecule has 234 valence electrons. The maximum atomic E-state index is 12.5. The number of rotatable bonds is 14. The molecule has 2 aromatic heterocycles. The Morgan fingerprint density at radius 2 is 2.07 bits per heavy atom. The Bertz CT molecular complexity index is 1650. The Hall–Kier alpha value is -3.36. The van der Waals surface area contributed by atoms with Crippen LogP contribution in [0.4, 0.5) is 16.6 Å². The molecule has 1 aliphatic rings. The molecular weight excluding hydrogens is 631 g/mol. The summed E-state index contributed by atoms with van der Waals surface area (Å²) in [5.41, 5.74) is 1.27. The van der Waals surface area contributed by atoms with Gasteiger partial charge in [0, 0.05) is 45.8 Å². The van der Waals surface area contributed by atoms with Crippen molar-refractivity contribution in [2.45, 2.75) is 31.7 Å². The predicted molar refractivity (Wildman–Crippen MR) is 168 cm³/mol. The fraction of sp³-hybridized carbons (Fsp3) is 0.357. The number of anilines is 3. The first-order chi connectivity index (χ1) is 21.2. The van der Waals surface area contributed by atoms with E-state index in [1.54, 1.807) is 49.7 Å². The summed E-state index contributed by atoms with van der Waals surface area (Å²) in [6.45, 7) is 1.96. The predicted octanol–water partition coefficient (Wildman–Crippen LogP) is 5.02. The minimum atomic E-state index is -4.49. The first-order valence-electron chi connectivity index (χ1n) is 13.8. The Morgan fingerprint density at radius 1 is 1.20 bits per heavy atom. The van der Waals surface area contributed by atoms with Gasteiger partial charge in [0.1, 0.15) is 12.1 Å². The van der Waals surface area contributed by atoms with Gasteiger partial charge in [-0.3, -0.25) is 14.2 Å². The number of hydrogen-bond acceptors (Lipinski definition) is 11. The molecule has 1 aliphatic heterocycles. The number of nitrogens with zero attached hydrogens (tertiary/aromatic N) is 4. The topological polar surface area (TPSA) is 168 Å². The number of likely N-dealkylation sites (tertiary alicyclic amines) is 1. The van der Waals surface area contributed by atoms with Crippen LogP contribution in [0.25, 0.3) is 10.9 Å². The Morgan fingerprint density at radius 3 is 2.86 bits per heavy atom. The third-order valence-electron chi connectivity index (χ3n) is 6.92. The highest BCUT2D eigenvalue weighted by atomic mass is 35.5. The molecule has 44 heavy (non-hydrogen) atoms. The van der Waals surface area contributed by atoms with Crippen molar-refractivity contribution in [3.63, 3.8) is 0 Å². The minimum absolute atomic E-state index is 0.00131. The molecule has 0 saturated carbocycles. The molecular formula is C28H32ClN6O7PS. The molecule has 1 amide bonds. The van der Waals surface area contributed by atoms with Gasteiger partial charge in [0.2, 0.25) is 5.91 Å². The van der Waals surface area contributed by atoms with Crippen LogP contribution in [-0.2, 0) is 20.3 Å². The van der Waals surface area contributed by atoms with E-state index in [2.05, 4.69) is 30.5 Å². The van der Waals surface area contributed by atoms with E-state index in [0.717, 1.165) is 24.3 Å². The summed E-state index contributed by atoms with van der Waals surface area (Å²) in [4.78, 5) is 46.6. The van der Waals surface area contributed by atoms with Crippen molar-refractivity contribution >= 4 is 64.2 Å². The molecule has 1 unspecified atom stereocenters. The van der Waals surface area contributed by atoms with E-state index in [1.807, 2.05) is 0 Å². The highest BCUT2D eigenvalue weighted by molar-refractivity contribution is 7.46. The number of nitrogens with one attached hydrogen (secondary N) is 2. The number of carbonyl (C=O) groups is 1. The zero-order valence-electron chi connectivity index (χ0n) is 23.8. The van der Waals surface area contributed by atoms with Gasteiger partial charge in [-0.2, -0.15) is 0 Å². The maximum absolute atomic E-state index is 12.5. The quantitative estimate of drug-likeness (QED) is 0.105. The number of phosphoric acid groups is 1. The normalized spacial score (nSPS) is 15.4. The second-order valence-electron chi connectivity index (χ2n) is 10.1. The lowest BCUT2D eigenvalue weighted by atomic mass is 10.2. The van der Waals surface area contributed by atoms with Crippen LogP contribution in [0.2, 0.25) is 5.02 Å². The van der Waals surface area contributed by atoms with Crippen molar-refractivity contribution in [3.8, 4) is 11.5 Å². The van der Waals surface area contributed by atoms with Crippen LogP contribution >= 0.6 is 30.8 Å². The number of fused-ring (bicyclic) bond motifs is 1. The third-order valence-corrected chi connectivity index (χ3v) is 8.56. The van der Waals surface area contributed by atoms with Crippen molar-refractivity contribution in [1.82, 2.24) is 19.9 Å². The lowest BCUT2D eigenvalue weighted by Crippen LogP contribution is -2.34. The fourth-order valence-corrected chi connectivity index (χ4v) is 6.29. The van der Waals surface area contributed by atoms with Crippen molar-refractivity contribution in [2.75, 3.05) is 44.0 Å². The SMILES string of the molecule is COc1cc2c(Nc3ncc(CC(=O)Nc4cccc(Cl)c4)s3)ncnc2cc1OCCCN1CCCC1COP(=O)(O)O. The summed E-state index contributed by atoms with van der Waals surface area (Å²) in [5, 5.41) is 7.87. The summed E-state index contributed by atoms with van der Waals surface area (Å²) in [6.07, 6.45) is 5.73. The number of halogens is 1. The smallest absolute Gasteiger partial charge is 0.469 e. The number of benzene rings is 2. The number of carbonyl (C=O) groups excluding carboxylic acids is 1. The molecule has 16 heteroatoms. The molecule has 0 radical (unpaired) electrons. The van der Waals surface area contributed by atoms with E-state index in [9.17, 15) is 9.36 Å². The Labute approximate surface area is 262 Å². The van der Waals surface area contributed by atoms with Crippen LogP contribution in [0.1, 0.15) is 24.1 Å². The number of aromatic nitrogens is 3. The van der Waals surface area contributed by atoms with E-state index < -0.39 is 7.82 Å². The number of phosphoric ester groups is 1. The van der Waals surface area contributed by atoms with Gasteiger partial charge in [0.05, 0.1) is 32.3 Å². The lowest BCUT2D eigenvalue weighted by molar-refractivity contribution is -0.115.